The second-order valence-electron chi connectivity index (χ2n) is 17.3. The van der Waals surface area contributed by atoms with Gasteiger partial charge >= 0.3 is 6.03 Å². The number of aliphatic hydroxyl groups is 1. The summed E-state index contributed by atoms with van der Waals surface area (Å²) in [6.45, 7) is -0.185. The average molecular weight is 901 g/mol. The Morgan fingerprint density at radius 2 is 1.61 bits per heavy atom. The molecule has 3 aliphatic heterocycles. The number of amides is 6. The van der Waals surface area contributed by atoms with Crippen LogP contribution in [0.15, 0.2) is 96.0 Å². The van der Waals surface area contributed by atoms with Gasteiger partial charge in [0.15, 0.2) is 18.1 Å². The Morgan fingerprint density at radius 3 is 2.41 bits per heavy atom. The zero-order chi connectivity index (χ0) is 46.2. The van der Waals surface area contributed by atoms with Gasteiger partial charge in [-0.15, -0.1) is 0 Å². The third kappa shape index (κ3) is 8.15. The van der Waals surface area contributed by atoms with Crippen molar-refractivity contribution >= 4 is 46.7 Å². The van der Waals surface area contributed by atoms with Crippen molar-refractivity contribution in [3.05, 3.63) is 113 Å². The van der Waals surface area contributed by atoms with Crippen molar-refractivity contribution < 1.29 is 48.4 Å². The lowest BCUT2D eigenvalue weighted by molar-refractivity contribution is -0.187. The van der Waals surface area contributed by atoms with E-state index in [9.17, 15) is 34.2 Å². The molecule has 2 fully saturated rings. The number of nitrogens with one attached hydrogen (secondary N) is 5. The minimum Gasteiger partial charge on any atom is -0.504 e. The fourth-order valence-electron chi connectivity index (χ4n) is 10.4. The number of hydrogen-bond donors (Lipinski definition) is 7. The van der Waals surface area contributed by atoms with Crippen molar-refractivity contribution in [3.63, 3.8) is 0 Å². The third-order valence-electron chi connectivity index (χ3n) is 13.4. The number of benzodiazepines with no additional fused rings is 1. The molecule has 4 aromatic rings. The van der Waals surface area contributed by atoms with Crippen LogP contribution in [-0.2, 0) is 35.8 Å². The van der Waals surface area contributed by atoms with Gasteiger partial charge in [-0.1, -0.05) is 60.7 Å². The van der Waals surface area contributed by atoms with Crippen molar-refractivity contribution in [2.75, 3.05) is 63.8 Å². The normalized spacial score (nSPS) is 24.6. The van der Waals surface area contributed by atoms with E-state index in [-0.39, 0.29) is 44.7 Å². The number of ether oxygens (including phenoxy) is 3. The summed E-state index contributed by atoms with van der Waals surface area (Å²) in [7, 11) is 3.66. The van der Waals surface area contributed by atoms with E-state index in [1.165, 1.54) is 11.0 Å². The number of fused-ring (bicyclic) bond motifs is 1. The number of aromatic hydroxyl groups is 1. The van der Waals surface area contributed by atoms with Crippen molar-refractivity contribution in [1.29, 1.82) is 0 Å². The van der Waals surface area contributed by atoms with Gasteiger partial charge < -0.3 is 60.8 Å². The van der Waals surface area contributed by atoms with Gasteiger partial charge in [-0.3, -0.25) is 19.2 Å². The highest BCUT2D eigenvalue weighted by molar-refractivity contribution is 6.20. The van der Waals surface area contributed by atoms with Crippen LogP contribution in [0.2, 0.25) is 0 Å². The van der Waals surface area contributed by atoms with E-state index in [4.69, 9.17) is 19.2 Å². The molecule has 1 saturated carbocycles. The molecule has 0 radical (unpaired) electrons. The van der Waals surface area contributed by atoms with Crippen molar-refractivity contribution in [2.24, 2.45) is 4.99 Å². The van der Waals surface area contributed by atoms with E-state index in [0.29, 0.717) is 54.3 Å². The second kappa shape index (κ2) is 18.1. The number of carbonyl (C=O) groups excluding carboxylic acids is 5. The summed E-state index contributed by atoms with van der Waals surface area (Å²) in [5.41, 5.74) is 3.15. The number of para-hydroxylation sites is 1. The van der Waals surface area contributed by atoms with Crippen LogP contribution in [0.4, 0.5) is 16.2 Å². The Balaban J connectivity index is 0.691. The lowest BCUT2D eigenvalue weighted by Crippen LogP contribution is -2.77. The number of nitrogens with zero attached hydrogens (tertiary/aromatic N) is 3. The molecule has 5 aliphatic rings. The van der Waals surface area contributed by atoms with Crippen LogP contribution < -0.4 is 41.0 Å². The topological polar surface area (TPSA) is 232 Å². The molecular weight excluding hydrogens is 849 g/mol. The molecule has 2 bridgehead atoms. The summed E-state index contributed by atoms with van der Waals surface area (Å²) in [6, 6.07) is 25.5. The summed E-state index contributed by atoms with van der Waals surface area (Å²) in [6.07, 6.45) is 0.376. The van der Waals surface area contributed by atoms with Crippen molar-refractivity contribution in [3.8, 4) is 17.2 Å². The number of piperidine rings is 1. The number of aliphatic imine (C=N–C) groups is 1. The quantitative estimate of drug-likeness (QED) is 0.0905. The van der Waals surface area contributed by atoms with E-state index >= 15 is 0 Å². The SMILES string of the molecule is CN1C(=O)[C@H](NC(=O)Nc2cccc(OCC(=O)NCCNC(=O)COCC(=O)N[C@H]3CC[C@@]4(O)C5Cc6ccc(O)c7c6[C@@]4(CCN5C)[C@H]3O7)c2)N=C(c2ccccc2)c2ccccc21. The van der Waals surface area contributed by atoms with Crippen LogP contribution in [0.3, 0.4) is 0 Å². The molecule has 7 N–H and O–H groups in total. The highest BCUT2D eigenvalue weighted by Gasteiger charge is 2.72. The highest BCUT2D eigenvalue weighted by atomic mass is 16.5. The van der Waals surface area contributed by atoms with Crippen LogP contribution >= 0.6 is 0 Å². The number of anilines is 2. The average Bonchev–Trinajstić information content (AvgIpc) is 3.64. The van der Waals surface area contributed by atoms with Crippen molar-refractivity contribution in [2.45, 2.75) is 61.1 Å². The first-order chi connectivity index (χ1) is 31.9. The molecular formula is C48H52N8O10. The highest BCUT2D eigenvalue weighted by Crippen LogP contribution is 2.65. The summed E-state index contributed by atoms with van der Waals surface area (Å²) in [5.74, 6) is -1.09. The second-order valence-corrected chi connectivity index (χ2v) is 17.3. The fraction of sp³-hybridized carbons (Fsp3) is 0.375. The smallest absolute Gasteiger partial charge is 0.321 e. The zero-order valence-electron chi connectivity index (χ0n) is 36.5. The molecule has 1 saturated heterocycles. The number of phenolic OH excluding ortho intramolecular Hbond substituents is 1. The molecule has 344 valence electrons. The lowest BCUT2D eigenvalue weighted by atomic mass is 9.48. The number of likely N-dealkylation sites (N-methyl/N-ethyl adjacent to an activating group) is 2. The maximum atomic E-state index is 13.5. The first kappa shape index (κ1) is 44.2. The Kier molecular flexibility index (Phi) is 12.1. The predicted molar refractivity (Wildman–Crippen MR) is 242 cm³/mol. The van der Waals surface area contributed by atoms with Gasteiger partial charge in [-0.25, -0.2) is 9.79 Å². The molecule has 6 atom stereocenters. The summed E-state index contributed by atoms with van der Waals surface area (Å²) < 4.78 is 17.5. The minimum atomic E-state index is -1.22. The number of phenols is 1. The molecule has 4 aromatic carbocycles. The van der Waals surface area contributed by atoms with Gasteiger partial charge in [0.1, 0.15) is 25.1 Å². The van der Waals surface area contributed by atoms with Gasteiger partial charge in [-0.2, -0.15) is 0 Å². The molecule has 1 unspecified atom stereocenters. The first-order valence-electron chi connectivity index (χ1n) is 22.0. The number of benzene rings is 4. The third-order valence-corrected chi connectivity index (χ3v) is 13.4. The summed E-state index contributed by atoms with van der Waals surface area (Å²) >= 11 is 0. The molecule has 1 spiro atoms. The van der Waals surface area contributed by atoms with E-state index in [2.05, 4.69) is 31.5 Å². The Morgan fingerprint density at radius 1 is 0.864 bits per heavy atom. The van der Waals surface area contributed by atoms with E-state index in [1.54, 1.807) is 31.3 Å². The van der Waals surface area contributed by atoms with Gasteiger partial charge in [0, 0.05) is 54.6 Å². The Bertz CT molecular complexity index is 2590. The standard InChI is InChI=1S/C48H52N8O10/c1-55-22-19-47-40-29-15-16-35(57)42(40)66-43(47)33(17-18-48(47,63)36(55)23-29)52-39(60)26-64-25-37(58)49-20-21-50-38(59)27-65-31-12-8-11-30(24-31)51-46(62)54-44-45(61)56(2)34-14-7-6-13-32(34)41(53-44)28-9-4-3-5-10-28/h3-16,24,33,36,43-44,57,63H,17-23,25-27H2,1-2H3,(H,49,58)(H,50,59)(H,52,60)(H2,51,54,62)/t33-,36?,43-,44-,47-,48+/m0/s1. The molecule has 18 nitrogen and oxygen atoms in total. The number of likely N-dealkylation sites (tertiary alicyclic amines) is 1. The number of carbonyl (C=O) groups is 5. The first-order valence-corrected chi connectivity index (χ1v) is 22.0. The fourth-order valence-corrected chi connectivity index (χ4v) is 10.4. The molecule has 3 heterocycles. The maximum absolute atomic E-state index is 13.5. The van der Waals surface area contributed by atoms with Crippen molar-refractivity contribution in [1.82, 2.24) is 26.2 Å². The lowest BCUT2D eigenvalue weighted by Gasteiger charge is -2.63. The molecule has 18 heteroatoms. The number of hydrogen-bond acceptors (Lipinski definition) is 12. The summed E-state index contributed by atoms with van der Waals surface area (Å²) in [4.78, 5) is 73.2. The monoisotopic (exact) mass is 900 g/mol. The number of urea groups is 1. The van der Waals surface area contributed by atoms with E-state index < -0.39 is 59.0 Å². The largest absolute Gasteiger partial charge is 0.504 e. The minimum absolute atomic E-state index is 0.0186. The van der Waals surface area contributed by atoms with Gasteiger partial charge in [0.25, 0.3) is 11.8 Å². The summed E-state index contributed by atoms with van der Waals surface area (Å²) in [5, 5.41) is 36.8. The van der Waals surface area contributed by atoms with E-state index in [0.717, 1.165) is 28.8 Å². The zero-order valence-corrected chi connectivity index (χ0v) is 36.5. The molecule has 6 amide bonds. The van der Waals surface area contributed by atoms with Crippen LogP contribution in [-0.4, -0.2) is 134 Å². The predicted octanol–water partition coefficient (Wildman–Crippen LogP) is 1.95. The van der Waals surface area contributed by atoms with Gasteiger partial charge in [0.2, 0.25) is 18.0 Å². The van der Waals surface area contributed by atoms with Crippen LogP contribution in [0.1, 0.15) is 41.5 Å². The number of rotatable bonds is 14. The maximum Gasteiger partial charge on any atom is 0.321 e. The van der Waals surface area contributed by atoms with E-state index in [1.807, 2.05) is 67.7 Å². The Labute approximate surface area is 380 Å². The van der Waals surface area contributed by atoms with Gasteiger partial charge in [0.05, 0.1) is 28.5 Å². The molecule has 0 aromatic heterocycles. The van der Waals surface area contributed by atoms with Crippen LogP contribution in [0.25, 0.3) is 0 Å². The molecule has 2 aliphatic carbocycles. The van der Waals surface area contributed by atoms with Crippen LogP contribution in [0, 0.1) is 0 Å². The molecule has 9 rings (SSSR count). The van der Waals surface area contributed by atoms with Gasteiger partial charge in [-0.05, 0) is 69.1 Å². The van der Waals surface area contributed by atoms with Crippen LogP contribution in [0.5, 0.6) is 17.2 Å². The molecule has 66 heavy (non-hydrogen) atoms. The Hall–Kier alpha value is -7.02.